The molecule has 282 valence electrons. The molecule has 1 heterocycles. The van der Waals surface area contributed by atoms with Crippen LogP contribution in [0.15, 0.2) is 219 Å². The van der Waals surface area contributed by atoms with Crippen LogP contribution in [0.2, 0.25) is 0 Å². The maximum absolute atomic E-state index is 4.49. The van der Waals surface area contributed by atoms with Gasteiger partial charge >= 0.3 is 0 Å². The van der Waals surface area contributed by atoms with E-state index in [9.17, 15) is 0 Å². The molecule has 0 aliphatic heterocycles. The summed E-state index contributed by atoms with van der Waals surface area (Å²) in [5.41, 5.74) is 17.1. The molecule has 0 saturated carbocycles. The second-order valence-electron chi connectivity index (χ2n) is 14.5. The molecule has 8 rings (SSSR count). The van der Waals surface area contributed by atoms with Crippen LogP contribution >= 0.6 is 0 Å². The van der Waals surface area contributed by atoms with Gasteiger partial charge in [0.05, 0.1) is 16.7 Å². The summed E-state index contributed by atoms with van der Waals surface area (Å²) in [5, 5.41) is 2.42. The summed E-state index contributed by atoms with van der Waals surface area (Å²) in [6, 6.07) is 59.5. The quantitative estimate of drug-likeness (QED) is 0.113. The minimum Gasteiger partial charge on any atom is -0.317 e. The molecule has 2 nitrogen and oxygen atoms in total. The largest absolute Gasteiger partial charge is 0.317 e. The number of hydrogen-bond donors (Lipinski definition) is 0. The van der Waals surface area contributed by atoms with Crippen LogP contribution in [0.1, 0.15) is 32.8 Å². The smallest absolute Gasteiger partial charge is 0.0547 e. The second-order valence-corrected chi connectivity index (χ2v) is 14.5. The molecule has 0 saturated heterocycles. The summed E-state index contributed by atoms with van der Waals surface area (Å²) < 4.78 is 2.41. The summed E-state index contributed by atoms with van der Waals surface area (Å²) in [7, 11) is 0. The fourth-order valence-electron chi connectivity index (χ4n) is 8.02. The third kappa shape index (κ3) is 7.41. The fourth-order valence-corrected chi connectivity index (χ4v) is 8.02. The van der Waals surface area contributed by atoms with Crippen LogP contribution in [0.5, 0.6) is 0 Å². The molecule has 1 aromatic heterocycles. The van der Waals surface area contributed by atoms with Crippen molar-refractivity contribution >= 4 is 33.1 Å². The topological polar surface area (TPSA) is 8.17 Å². The van der Waals surface area contributed by atoms with Crippen molar-refractivity contribution in [2.45, 2.75) is 27.2 Å². The highest BCUT2D eigenvalue weighted by molar-refractivity contribution is 6.11. The molecule has 0 amide bonds. The molecule has 0 bridgehead atoms. The highest BCUT2D eigenvalue weighted by Gasteiger charge is 2.18. The Balaban J connectivity index is 1.24. The van der Waals surface area contributed by atoms with Gasteiger partial charge in [0, 0.05) is 33.9 Å². The number of aromatic nitrogens is 1. The van der Waals surface area contributed by atoms with Gasteiger partial charge in [-0.1, -0.05) is 166 Å². The fraction of sp³-hybridized carbons (Fsp3) is 0.0714. The van der Waals surface area contributed by atoms with Gasteiger partial charge in [-0.2, -0.15) is 0 Å². The van der Waals surface area contributed by atoms with Gasteiger partial charge in [0.25, 0.3) is 0 Å². The average Bonchev–Trinajstić information content (AvgIpc) is 3.60. The zero-order chi connectivity index (χ0) is 40.0. The predicted octanol–water partition coefficient (Wildman–Crippen LogP) is 15.9. The lowest BCUT2D eigenvalue weighted by molar-refractivity contribution is 1.13. The van der Waals surface area contributed by atoms with Crippen molar-refractivity contribution < 1.29 is 0 Å². The van der Waals surface area contributed by atoms with Crippen LogP contribution in [0, 0.1) is 0 Å². The van der Waals surface area contributed by atoms with Crippen molar-refractivity contribution in [3.8, 4) is 50.2 Å². The number of hydrogen-bond acceptors (Lipinski definition) is 1. The summed E-state index contributed by atoms with van der Waals surface area (Å²) in [6.45, 7) is 14.9. The van der Waals surface area contributed by atoms with Gasteiger partial charge in [0.2, 0.25) is 0 Å². The lowest BCUT2D eigenvalue weighted by atomic mass is 9.95. The lowest BCUT2D eigenvalue weighted by Gasteiger charge is -2.25. The van der Waals surface area contributed by atoms with Crippen LogP contribution in [-0.4, -0.2) is 4.57 Å². The maximum atomic E-state index is 4.49. The lowest BCUT2D eigenvalue weighted by Crippen LogP contribution is -2.15. The SMILES string of the molecule is C=CN(C(/C=C\C)=C/CC)c1ccc(-c2ccc3c(c2)c2ccc(-c4ccccc4)cc2n3-c2ccc(-c3ccc(-c4ccccc4)cc3)cc2)cc1C(=C)/C=C\C. The van der Waals surface area contributed by atoms with Crippen molar-refractivity contribution in [2.75, 3.05) is 4.90 Å². The van der Waals surface area contributed by atoms with Crippen molar-refractivity contribution in [1.82, 2.24) is 4.57 Å². The Kier molecular flexibility index (Phi) is 11.0. The molecular formula is C56H48N2. The normalized spacial score (nSPS) is 11.9. The van der Waals surface area contributed by atoms with E-state index in [1.165, 1.54) is 49.7 Å². The van der Waals surface area contributed by atoms with Crippen LogP contribution in [0.3, 0.4) is 0 Å². The molecule has 0 radical (unpaired) electrons. The average molecular weight is 749 g/mol. The third-order valence-corrected chi connectivity index (χ3v) is 10.8. The van der Waals surface area contributed by atoms with E-state index >= 15 is 0 Å². The zero-order valence-electron chi connectivity index (χ0n) is 33.6. The third-order valence-electron chi connectivity index (χ3n) is 10.8. The van der Waals surface area contributed by atoms with Crippen LogP contribution in [-0.2, 0) is 0 Å². The highest BCUT2D eigenvalue weighted by atomic mass is 15.1. The predicted molar refractivity (Wildman–Crippen MR) is 252 cm³/mol. The van der Waals surface area contributed by atoms with Gasteiger partial charge < -0.3 is 9.47 Å². The van der Waals surface area contributed by atoms with Crippen molar-refractivity contribution in [3.05, 3.63) is 225 Å². The van der Waals surface area contributed by atoms with Gasteiger partial charge in [-0.15, -0.1) is 0 Å². The van der Waals surface area contributed by atoms with E-state index in [1.807, 2.05) is 26.1 Å². The molecule has 7 aromatic carbocycles. The number of anilines is 1. The van der Waals surface area contributed by atoms with Crippen LogP contribution < -0.4 is 4.90 Å². The Morgan fingerprint density at radius 2 is 1.05 bits per heavy atom. The van der Waals surface area contributed by atoms with Gasteiger partial charge in [-0.05, 0) is 119 Å². The van der Waals surface area contributed by atoms with E-state index in [1.54, 1.807) is 0 Å². The number of benzene rings is 7. The Labute approximate surface area is 343 Å². The number of allylic oxidation sites excluding steroid dienone is 6. The van der Waals surface area contributed by atoms with E-state index in [0.29, 0.717) is 0 Å². The molecule has 58 heavy (non-hydrogen) atoms. The van der Waals surface area contributed by atoms with E-state index in [-0.39, 0.29) is 0 Å². The van der Waals surface area contributed by atoms with Crippen molar-refractivity contribution in [2.24, 2.45) is 0 Å². The van der Waals surface area contributed by atoms with Gasteiger partial charge in [0.1, 0.15) is 0 Å². The van der Waals surface area contributed by atoms with Gasteiger partial charge in [-0.25, -0.2) is 0 Å². The maximum Gasteiger partial charge on any atom is 0.0547 e. The Morgan fingerprint density at radius 1 is 0.534 bits per heavy atom. The number of nitrogens with zero attached hydrogens (tertiary/aromatic N) is 2. The molecule has 0 unspecified atom stereocenters. The molecular weight excluding hydrogens is 701 g/mol. The van der Waals surface area contributed by atoms with E-state index in [4.69, 9.17) is 0 Å². The Hall–Kier alpha value is -7.16. The first-order valence-electron chi connectivity index (χ1n) is 20.1. The Morgan fingerprint density at radius 3 is 1.66 bits per heavy atom. The van der Waals surface area contributed by atoms with Crippen LogP contribution in [0.25, 0.3) is 77.6 Å². The summed E-state index contributed by atoms with van der Waals surface area (Å²) >= 11 is 0. The molecule has 0 aliphatic carbocycles. The first-order valence-corrected chi connectivity index (χ1v) is 20.1. The van der Waals surface area contributed by atoms with Gasteiger partial charge in [0.15, 0.2) is 0 Å². The van der Waals surface area contributed by atoms with Crippen molar-refractivity contribution in [3.63, 3.8) is 0 Å². The first kappa shape index (κ1) is 37.7. The van der Waals surface area contributed by atoms with Gasteiger partial charge in [-0.3, -0.25) is 0 Å². The van der Waals surface area contributed by atoms with E-state index < -0.39 is 0 Å². The first-order chi connectivity index (χ1) is 28.5. The minimum absolute atomic E-state index is 0.917. The summed E-state index contributed by atoms with van der Waals surface area (Å²) in [6.07, 6.45) is 13.4. The standard InChI is InChI=1S/C56H48N2/c1-6-16-40(5)52-37-46(30-35-54(52)57(9-4)49(17-7-2)18-8-3)47-31-36-55-53(38-47)51-34-29-48(42-21-14-11-15-22-42)39-56(51)58(55)50-32-27-45(28-33-50)44-25-23-43(24-26-44)41-19-12-10-13-20-41/h6-7,9-39H,4-5,8H2,1-3H3/b16-6-,17-7-,49-18+. The summed E-state index contributed by atoms with van der Waals surface area (Å²) in [4.78, 5) is 2.16. The van der Waals surface area contributed by atoms with E-state index in [2.05, 4.69) is 218 Å². The second kappa shape index (κ2) is 16.9. The number of fused-ring (bicyclic) bond motifs is 3. The highest BCUT2D eigenvalue weighted by Crippen LogP contribution is 2.40. The molecule has 0 N–H and O–H groups in total. The molecule has 0 atom stereocenters. The monoisotopic (exact) mass is 748 g/mol. The molecule has 0 spiro atoms. The van der Waals surface area contributed by atoms with Crippen LogP contribution in [0.4, 0.5) is 5.69 Å². The molecule has 0 fully saturated rings. The van der Waals surface area contributed by atoms with Crippen molar-refractivity contribution in [1.29, 1.82) is 0 Å². The zero-order valence-corrected chi connectivity index (χ0v) is 33.6. The molecule has 0 aliphatic rings. The minimum atomic E-state index is 0.917. The molecule has 8 aromatic rings. The Bertz CT molecular complexity index is 2830. The number of rotatable bonds is 12. The molecule has 2 heteroatoms. The summed E-state index contributed by atoms with van der Waals surface area (Å²) in [5.74, 6) is 0. The van der Waals surface area contributed by atoms with E-state index in [0.717, 1.165) is 51.3 Å².